The first kappa shape index (κ1) is 17.1. The van der Waals surface area contributed by atoms with Gasteiger partial charge in [-0.3, -0.25) is 4.79 Å². The van der Waals surface area contributed by atoms with E-state index < -0.39 is 5.97 Å². The number of aromatic carboxylic acids is 1. The molecule has 0 radical (unpaired) electrons. The van der Waals surface area contributed by atoms with Crippen LogP contribution in [0.4, 0.5) is 5.69 Å². The second-order valence-electron chi connectivity index (χ2n) is 6.95. The van der Waals surface area contributed by atoms with Crippen LogP contribution in [0.1, 0.15) is 33.8 Å². The van der Waals surface area contributed by atoms with E-state index in [1.807, 2.05) is 42.5 Å². The molecule has 0 saturated heterocycles. The molecule has 0 saturated carbocycles. The summed E-state index contributed by atoms with van der Waals surface area (Å²) < 4.78 is 0. The number of rotatable bonds is 3. The fourth-order valence-electron chi connectivity index (χ4n) is 3.77. The second kappa shape index (κ2) is 6.56. The lowest BCUT2D eigenvalue weighted by molar-refractivity contribution is -0.116. The molecular weight excluding hydrogens is 368 g/mol. The van der Waals surface area contributed by atoms with Crippen LogP contribution in [0.15, 0.2) is 66.7 Å². The standard InChI is InChI=1S/C22H16N4O3/c27-19-12-16(13-6-8-14(9-7-13)22(28)29)20-17(23-19)10-11-18-21(20)25-26(24-18)15-4-2-1-3-5-15/h1-11,16H,12H2,(H,23,27)(H,28,29)/t16-/m1/s1. The van der Waals surface area contributed by atoms with Gasteiger partial charge in [-0.05, 0) is 42.0 Å². The molecule has 0 aliphatic carbocycles. The van der Waals surface area contributed by atoms with Gasteiger partial charge >= 0.3 is 5.97 Å². The minimum absolute atomic E-state index is 0.0837. The second-order valence-corrected chi connectivity index (χ2v) is 6.95. The van der Waals surface area contributed by atoms with E-state index in [0.717, 1.165) is 27.8 Å². The quantitative estimate of drug-likeness (QED) is 0.563. The molecule has 142 valence electrons. The number of nitrogens with zero attached hydrogens (tertiary/aromatic N) is 3. The van der Waals surface area contributed by atoms with Crippen molar-refractivity contribution in [3.8, 4) is 5.69 Å². The minimum Gasteiger partial charge on any atom is -0.478 e. The maximum absolute atomic E-state index is 12.3. The Kier molecular flexibility index (Phi) is 3.87. The monoisotopic (exact) mass is 384 g/mol. The molecule has 7 nitrogen and oxygen atoms in total. The number of para-hydroxylation sites is 1. The minimum atomic E-state index is -0.980. The number of carbonyl (C=O) groups excluding carboxylic acids is 1. The molecule has 7 heteroatoms. The Hall–Kier alpha value is -4.00. The number of carboxylic acids is 1. The van der Waals surface area contributed by atoms with Gasteiger partial charge in [0.25, 0.3) is 0 Å². The van der Waals surface area contributed by atoms with Crippen molar-refractivity contribution in [1.29, 1.82) is 0 Å². The molecule has 0 fully saturated rings. The van der Waals surface area contributed by atoms with Crippen LogP contribution in [0.5, 0.6) is 0 Å². The van der Waals surface area contributed by atoms with E-state index >= 15 is 0 Å². The van der Waals surface area contributed by atoms with Crippen LogP contribution in [0.25, 0.3) is 16.7 Å². The zero-order valence-electron chi connectivity index (χ0n) is 15.2. The van der Waals surface area contributed by atoms with Crippen LogP contribution in [-0.4, -0.2) is 32.0 Å². The summed E-state index contributed by atoms with van der Waals surface area (Å²) in [5.41, 5.74) is 4.98. The molecule has 5 rings (SSSR count). The zero-order chi connectivity index (χ0) is 20.0. The van der Waals surface area contributed by atoms with E-state index in [1.54, 1.807) is 29.1 Å². The Morgan fingerprint density at radius 1 is 1.00 bits per heavy atom. The van der Waals surface area contributed by atoms with Gasteiger partial charge in [0.2, 0.25) is 5.91 Å². The van der Waals surface area contributed by atoms with Crippen molar-refractivity contribution < 1.29 is 14.7 Å². The summed E-state index contributed by atoms with van der Waals surface area (Å²) in [4.78, 5) is 25.1. The van der Waals surface area contributed by atoms with Gasteiger partial charge in [-0.15, -0.1) is 10.2 Å². The highest BCUT2D eigenvalue weighted by Gasteiger charge is 2.30. The lowest BCUT2D eigenvalue weighted by atomic mass is 9.84. The van der Waals surface area contributed by atoms with Gasteiger partial charge in [0.1, 0.15) is 11.0 Å². The number of hydrogen-bond donors (Lipinski definition) is 2. The van der Waals surface area contributed by atoms with Gasteiger partial charge in [-0.1, -0.05) is 30.3 Å². The number of amides is 1. The first-order valence-corrected chi connectivity index (χ1v) is 9.18. The SMILES string of the molecule is O=C1C[C@H](c2ccc(C(=O)O)cc2)c2c(ccc3nn(-c4ccccc4)nc23)N1. The summed E-state index contributed by atoms with van der Waals surface area (Å²) in [6, 6.07) is 20.0. The molecule has 0 bridgehead atoms. The van der Waals surface area contributed by atoms with E-state index in [-0.39, 0.29) is 23.8 Å². The molecule has 0 unspecified atom stereocenters. The van der Waals surface area contributed by atoms with E-state index in [4.69, 9.17) is 10.2 Å². The number of fused-ring (bicyclic) bond motifs is 3. The number of carboxylic acid groups (broad SMARTS) is 1. The molecule has 2 N–H and O–H groups in total. The molecule has 0 spiro atoms. The molecule has 1 aliphatic rings. The smallest absolute Gasteiger partial charge is 0.335 e. The van der Waals surface area contributed by atoms with Gasteiger partial charge in [-0.25, -0.2) is 4.79 Å². The first-order chi connectivity index (χ1) is 14.1. The maximum Gasteiger partial charge on any atom is 0.335 e. The van der Waals surface area contributed by atoms with E-state index in [1.165, 1.54) is 0 Å². The van der Waals surface area contributed by atoms with Crippen LogP contribution < -0.4 is 5.32 Å². The number of benzene rings is 3. The van der Waals surface area contributed by atoms with Crippen LogP contribution in [-0.2, 0) is 4.79 Å². The Morgan fingerprint density at radius 2 is 1.76 bits per heavy atom. The largest absolute Gasteiger partial charge is 0.478 e. The highest BCUT2D eigenvalue weighted by molar-refractivity contribution is 6.00. The molecular formula is C22H16N4O3. The van der Waals surface area contributed by atoms with Crippen molar-refractivity contribution in [2.45, 2.75) is 12.3 Å². The number of nitrogens with one attached hydrogen (secondary N) is 1. The van der Waals surface area contributed by atoms with Crippen LogP contribution >= 0.6 is 0 Å². The van der Waals surface area contributed by atoms with Gasteiger partial charge in [-0.2, -0.15) is 4.80 Å². The Labute approximate surface area is 165 Å². The lowest BCUT2D eigenvalue weighted by Gasteiger charge is -2.26. The van der Waals surface area contributed by atoms with Crippen molar-refractivity contribution in [3.63, 3.8) is 0 Å². The number of aromatic nitrogens is 3. The fourth-order valence-corrected chi connectivity index (χ4v) is 3.77. The van der Waals surface area contributed by atoms with E-state index in [9.17, 15) is 9.59 Å². The molecule has 4 aromatic rings. The zero-order valence-corrected chi connectivity index (χ0v) is 15.2. The topological polar surface area (TPSA) is 97.1 Å². The third kappa shape index (κ3) is 2.93. The molecule has 3 aromatic carbocycles. The molecule has 29 heavy (non-hydrogen) atoms. The summed E-state index contributed by atoms with van der Waals surface area (Å²) in [6.07, 6.45) is 0.261. The summed E-state index contributed by atoms with van der Waals surface area (Å²) in [6.45, 7) is 0. The summed E-state index contributed by atoms with van der Waals surface area (Å²) >= 11 is 0. The maximum atomic E-state index is 12.3. The molecule has 1 aliphatic heterocycles. The fraction of sp³-hybridized carbons (Fsp3) is 0.0909. The van der Waals surface area contributed by atoms with Crippen molar-refractivity contribution in [3.05, 3.63) is 83.4 Å². The van der Waals surface area contributed by atoms with Gasteiger partial charge < -0.3 is 10.4 Å². The van der Waals surface area contributed by atoms with Crippen LogP contribution in [0, 0.1) is 0 Å². The first-order valence-electron chi connectivity index (χ1n) is 9.18. The Balaban J connectivity index is 1.67. The predicted octanol–water partition coefficient (Wildman–Crippen LogP) is 3.59. The van der Waals surface area contributed by atoms with Crippen molar-refractivity contribution in [2.75, 3.05) is 5.32 Å². The van der Waals surface area contributed by atoms with E-state index in [2.05, 4.69) is 10.4 Å². The Bertz CT molecular complexity index is 1250. The third-order valence-electron chi connectivity index (χ3n) is 5.15. The molecule has 2 heterocycles. The number of anilines is 1. The van der Waals surface area contributed by atoms with Crippen molar-refractivity contribution in [1.82, 2.24) is 15.0 Å². The van der Waals surface area contributed by atoms with Gasteiger partial charge in [0.05, 0.1) is 11.3 Å². The molecule has 1 aromatic heterocycles. The van der Waals surface area contributed by atoms with Crippen LogP contribution in [0.2, 0.25) is 0 Å². The van der Waals surface area contributed by atoms with Gasteiger partial charge in [0.15, 0.2) is 0 Å². The number of hydrogen-bond acceptors (Lipinski definition) is 4. The Morgan fingerprint density at radius 3 is 2.48 bits per heavy atom. The molecule has 1 atom stereocenters. The average Bonchev–Trinajstić information content (AvgIpc) is 3.18. The van der Waals surface area contributed by atoms with Crippen LogP contribution in [0.3, 0.4) is 0 Å². The normalized spacial score (nSPS) is 15.7. The summed E-state index contributed by atoms with van der Waals surface area (Å²) in [7, 11) is 0. The van der Waals surface area contributed by atoms with Crippen molar-refractivity contribution in [2.24, 2.45) is 0 Å². The highest BCUT2D eigenvalue weighted by Crippen LogP contribution is 2.40. The van der Waals surface area contributed by atoms with Gasteiger partial charge in [0, 0.05) is 23.6 Å². The summed E-state index contributed by atoms with van der Waals surface area (Å²) in [5.74, 6) is -1.29. The predicted molar refractivity (Wildman–Crippen MR) is 107 cm³/mol. The summed E-state index contributed by atoms with van der Waals surface area (Å²) in [5, 5.41) is 21.4. The average molecular weight is 384 g/mol. The van der Waals surface area contributed by atoms with E-state index in [0.29, 0.717) is 5.69 Å². The lowest BCUT2D eigenvalue weighted by Crippen LogP contribution is -2.23. The third-order valence-corrected chi connectivity index (χ3v) is 5.15. The van der Waals surface area contributed by atoms with Crippen molar-refractivity contribution >= 4 is 28.6 Å². The molecule has 1 amide bonds. The highest BCUT2D eigenvalue weighted by atomic mass is 16.4. The number of carbonyl (C=O) groups is 2.